The molecular weight excluding hydrogens is 307 g/mol. The summed E-state index contributed by atoms with van der Waals surface area (Å²) in [5.41, 5.74) is 0.975. The van der Waals surface area contributed by atoms with E-state index in [1.165, 1.54) is 6.08 Å². The highest BCUT2D eigenvalue weighted by Crippen LogP contribution is 2.26. The van der Waals surface area contributed by atoms with Gasteiger partial charge < -0.3 is 5.32 Å². The predicted octanol–water partition coefficient (Wildman–Crippen LogP) is 4.54. The summed E-state index contributed by atoms with van der Waals surface area (Å²) < 4.78 is 0. The van der Waals surface area contributed by atoms with Crippen molar-refractivity contribution in [2.24, 2.45) is 0 Å². The number of amides is 1. The minimum atomic E-state index is -0.514. The molecule has 0 spiro atoms. The molecule has 0 atom stereocenters. The molecule has 0 radical (unpaired) electrons. The predicted molar refractivity (Wildman–Crippen MR) is 85.1 cm³/mol. The fourth-order valence-electron chi connectivity index (χ4n) is 1.66. The highest BCUT2D eigenvalue weighted by molar-refractivity contribution is 6.37. The van der Waals surface area contributed by atoms with Gasteiger partial charge in [-0.3, -0.25) is 4.79 Å². The molecular formula is C16H10Cl2N2O. The average Bonchev–Trinajstić information content (AvgIpc) is 2.48. The van der Waals surface area contributed by atoms with Crippen LogP contribution < -0.4 is 5.32 Å². The van der Waals surface area contributed by atoms with Crippen molar-refractivity contribution < 1.29 is 4.79 Å². The van der Waals surface area contributed by atoms with Crippen molar-refractivity contribution in [2.75, 3.05) is 5.32 Å². The number of hydrogen-bond donors (Lipinski definition) is 1. The third kappa shape index (κ3) is 3.85. The Hall–Kier alpha value is -2.28. The summed E-state index contributed by atoms with van der Waals surface area (Å²) in [6.07, 6.45) is 1.38. The second-order valence-electron chi connectivity index (χ2n) is 4.13. The normalized spacial score (nSPS) is 10.8. The molecule has 1 N–H and O–H groups in total. The fraction of sp³-hybridized carbons (Fsp3) is 0. The van der Waals surface area contributed by atoms with E-state index < -0.39 is 5.91 Å². The Kier molecular flexibility index (Phi) is 4.99. The van der Waals surface area contributed by atoms with Crippen LogP contribution in [0, 0.1) is 11.3 Å². The molecule has 0 aromatic heterocycles. The first kappa shape index (κ1) is 15.1. The molecule has 0 aliphatic rings. The van der Waals surface area contributed by atoms with E-state index >= 15 is 0 Å². The van der Waals surface area contributed by atoms with Crippen LogP contribution in [0.5, 0.6) is 0 Å². The average molecular weight is 317 g/mol. The van der Waals surface area contributed by atoms with Crippen LogP contribution in [-0.4, -0.2) is 5.91 Å². The van der Waals surface area contributed by atoms with Gasteiger partial charge in [-0.1, -0.05) is 47.5 Å². The third-order valence-electron chi connectivity index (χ3n) is 2.69. The molecule has 3 nitrogen and oxygen atoms in total. The van der Waals surface area contributed by atoms with Crippen molar-refractivity contribution in [3.63, 3.8) is 0 Å². The van der Waals surface area contributed by atoms with Crippen molar-refractivity contribution >= 4 is 40.9 Å². The number of carbonyl (C=O) groups excluding carboxylic acids is 1. The first-order valence-electron chi connectivity index (χ1n) is 6.04. The van der Waals surface area contributed by atoms with Gasteiger partial charge in [0, 0.05) is 21.3 Å². The molecule has 2 aromatic rings. The highest BCUT2D eigenvalue weighted by Gasteiger charge is 2.12. The SMILES string of the molecule is N#C/C(=C/c1c(Cl)cccc1Cl)C(=O)Nc1ccccc1. The topological polar surface area (TPSA) is 52.9 Å². The maximum absolute atomic E-state index is 12.1. The Morgan fingerprint density at radius 3 is 2.24 bits per heavy atom. The molecule has 21 heavy (non-hydrogen) atoms. The summed E-state index contributed by atoms with van der Waals surface area (Å²) in [6.45, 7) is 0. The summed E-state index contributed by atoms with van der Waals surface area (Å²) in [5, 5.41) is 12.5. The summed E-state index contributed by atoms with van der Waals surface area (Å²) >= 11 is 12.1. The van der Waals surface area contributed by atoms with Gasteiger partial charge in [-0.2, -0.15) is 5.26 Å². The van der Waals surface area contributed by atoms with Gasteiger partial charge in [0.2, 0.25) is 0 Å². The molecule has 5 heteroatoms. The Labute approximate surface area is 132 Å². The molecule has 0 unspecified atom stereocenters. The number of hydrogen-bond acceptors (Lipinski definition) is 2. The molecule has 2 aromatic carbocycles. The van der Waals surface area contributed by atoms with Crippen LogP contribution in [0.25, 0.3) is 6.08 Å². The standard InChI is InChI=1S/C16H10Cl2N2O/c17-14-7-4-8-15(18)13(14)9-11(10-19)16(21)20-12-5-2-1-3-6-12/h1-9H,(H,20,21)/b11-9-. The van der Waals surface area contributed by atoms with Crippen LogP contribution in [0.15, 0.2) is 54.1 Å². The van der Waals surface area contributed by atoms with Crippen molar-refractivity contribution in [3.8, 4) is 6.07 Å². The lowest BCUT2D eigenvalue weighted by Gasteiger charge is -2.05. The van der Waals surface area contributed by atoms with Gasteiger partial charge in [0.25, 0.3) is 5.91 Å². The quantitative estimate of drug-likeness (QED) is 0.667. The van der Waals surface area contributed by atoms with Crippen LogP contribution in [0.1, 0.15) is 5.56 Å². The van der Waals surface area contributed by atoms with E-state index in [0.29, 0.717) is 21.3 Å². The van der Waals surface area contributed by atoms with E-state index in [1.54, 1.807) is 42.5 Å². The fourth-order valence-corrected chi connectivity index (χ4v) is 2.17. The number of carbonyl (C=O) groups is 1. The smallest absolute Gasteiger partial charge is 0.266 e. The van der Waals surface area contributed by atoms with E-state index in [2.05, 4.69) is 5.32 Å². The molecule has 0 bridgehead atoms. The summed E-state index contributed by atoms with van der Waals surface area (Å²) in [4.78, 5) is 12.1. The number of nitriles is 1. The van der Waals surface area contributed by atoms with Crippen LogP contribution in [0.4, 0.5) is 5.69 Å². The number of anilines is 1. The van der Waals surface area contributed by atoms with Crippen LogP contribution >= 0.6 is 23.2 Å². The third-order valence-corrected chi connectivity index (χ3v) is 3.34. The van der Waals surface area contributed by atoms with Crippen LogP contribution in [0.2, 0.25) is 10.0 Å². The Balaban J connectivity index is 2.30. The molecule has 104 valence electrons. The first-order valence-corrected chi connectivity index (χ1v) is 6.79. The van der Waals surface area contributed by atoms with Crippen molar-refractivity contribution in [1.82, 2.24) is 0 Å². The van der Waals surface area contributed by atoms with E-state index in [4.69, 9.17) is 28.5 Å². The zero-order chi connectivity index (χ0) is 15.2. The number of nitrogens with zero attached hydrogens (tertiary/aromatic N) is 1. The molecule has 0 saturated heterocycles. The molecule has 0 saturated carbocycles. The summed E-state index contributed by atoms with van der Waals surface area (Å²) in [6, 6.07) is 15.7. The number of nitrogens with one attached hydrogen (secondary N) is 1. The lowest BCUT2D eigenvalue weighted by molar-refractivity contribution is -0.112. The summed E-state index contributed by atoms with van der Waals surface area (Å²) in [7, 11) is 0. The summed E-state index contributed by atoms with van der Waals surface area (Å²) in [5.74, 6) is -0.514. The number of rotatable bonds is 3. The minimum absolute atomic E-state index is 0.0751. The Morgan fingerprint density at radius 1 is 1.05 bits per heavy atom. The molecule has 2 rings (SSSR count). The minimum Gasteiger partial charge on any atom is -0.321 e. The highest BCUT2D eigenvalue weighted by atomic mass is 35.5. The zero-order valence-corrected chi connectivity index (χ0v) is 12.3. The monoisotopic (exact) mass is 316 g/mol. The number of benzene rings is 2. The van der Waals surface area contributed by atoms with E-state index in [-0.39, 0.29) is 5.57 Å². The molecule has 1 amide bonds. The van der Waals surface area contributed by atoms with Gasteiger partial charge >= 0.3 is 0 Å². The molecule has 0 aliphatic carbocycles. The lowest BCUT2D eigenvalue weighted by atomic mass is 10.1. The Bertz CT molecular complexity index is 713. The second kappa shape index (κ2) is 6.94. The molecule has 0 heterocycles. The molecule has 0 aliphatic heterocycles. The largest absolute Gasteiger partial charge is 0.321 e. The van der Waals surface area contributed by atoms with Crippen molar-refractivity contribution in [3.05, 3.63) is 69.7 Å². The van der Waals surface area contributed by atoms with Gasteiger partial charge in [-0.25, -0.2) is 0 Å². The van der Waals surface area contributed by atoms with E-state index in [1.807, 2.05) is 12.1 Å². The van der Waals surface area contributed by atoms with Gasteiger partial charge in [0.1, 0.15) is 11.6 Å². The maximum Gasteiger partial charge on any atom is 0.266 e. The van der Waals surface area contributed by atoms with Crippen molar-refractivity contribution in [1.29, 1.82) is 5.26 Å². The zero-order valence-electron chi connectivity index (χ0n) is 10.8. The maximum atomic E-state index is 12.1. The van der Waals surface area contributed by atoms with E-state index in [0.717, 1.165) is 0 Å². The van der Waals surface area contributed by atoms with E-state index in [9.17, 15) is 4.79 Å². The number of para-hydroxylation sites is 1. The van der Waals surface area contributed by atoms with Gasteiger partial charge in [-0.15, -0.1) is 0 Å². The van der Waals surface area contributed by atoms with Crippen LogP contribution in [-0.2, 0) is 4.79 Å². The van der Waals surface area contributed by atoms with Crippen molar-refractivity contribution in [2.45, 2.75) is 0 Å². The lowest BCUT2D eigenvalue weighted by Crippen LogP contribution is -2.13. The van der Waals surface area contributed by atoms with Gasteiger partial charge in [0.15, 0.2) is 0 Å². The van der Waals surface area contributed by atoms with Crippen LogP contribution in [0.3, 0.4) is 0 Å². The second-order valence-corrected chi connectivity index (χ2v) is 4.94. The van der Waals surface area contributed by atoms with Gasteiger partial charge in [0.05, 0.1) is 0 Å². The molecule has 0 fully saturated rings. The Morgan fingerprint density at radius 2 is 1.67 bits per heavy atom. The first-order chi connectivity index (χ1) is 10.1. The number of halogens is 2. The van der Waals surface area contributed by atoms with Gasteiger partial charge in [-0.05, 0) is 30.3 Å².